The topological polar surface area (TPSA) is 63.2 Å². The largest absolute Gasteiger partial charge is 0.226 e. The maximum atomic E-state index is 8.91. The molecule has 5 heteroatoms. The molecule has 0 unspecified atom stereocenters. The van der Waals surface area contributed by atoms with E-state index in [1.54, 1.807) is 5.01 Å². The van der Waals surface area contributed by atoms with Gasteiger partial charge in [-0.05, 0) is 31.9 Å². The summed E-state index contributed by atoms with van der Waals surface area (Å²) in [7, 11) is 0. The fourth-order valence-corrected chi connectivity index (χ4v) is 3.13. The number of nitrogens with zero attached hydrogens (tertiary/aromatic N) is 4. The molecule has 1 aliphatic rings. The van der Waals surface area contributed by atoms with E-state index >= 15 is 0 Å². The summed E-state index contributed by atoms with van der Waals surface area (Å²) < 4.78 is 0. The summed E-state index contributed by atoms with van der Waals surface area (Å²) in [5, 5.41) is 24.2. The van der Waals surface area contributed by atoms with Crippen molar-refractivity contribution in [3.05, 3.63) is 30.3 Å². The summed E-state index contributed by atoms with van der Waals surface area (Å²) in [5.74, 6) is 0. The molecule has 0 N–H and O–H groups in total. The molecule has 0 radical (unpaired) electrons. The number of rotatable bonds is 5. The Morgan fingerprint density at radius 3 is 2.24 bits per heavy atom. The number of anilines is 1. The van der Waals surface area contributed by atoms with Gasteiger partial charge in [0.25, 0.3) is 0 Å². The Labute approximate surface area is 130 Å². The number of nitriles is 2. The second-order valence-corrected chi connectivity index (χ2v) is 5.42. The smallest absolute Gasteiger partial charge is 0.117 e. The highest BCUT2D eigenvalue weighted by Gasteiger charge is 2.45. The molecule has 0 spiro atoms. The van der Waals surface area contributed by atoms with Crippen LogP contribution in [0.15, 0.2) is 35.4 Å². The highest BCUT2D eigenvalue weighted by Crippen LogP contribution is 2.41. The average molecular weight is 296 g/mol. The number of para-hydroxylation sites is 1. The molecule has 21 heavy (non-hydrogen) atoms. The Kier molecular flexibility index (Phi) is 4.67. The van der Waals surface area contributed by atoms with Crippen molar-refractivity contribution in [3.63, 3.8) is 0 Å². The molecule has 0 amide bonds. The van der Waals surface area contributed by atoms with Crippen molar-refractivity contribution in [2.45, 2.75) is 32.6 Å². The zero-order valence-corrected chi connectivity index (χ0v) is 12.7. The van der Waals surface area contributed by atoms with Crippen LogP contribution in [0.2, 0.25) is 0 Å². The van der Waals surface area contributed by atoms with Gasteiger partial charge in [0.1, 0.15) is 4.99 Å². The number of benzene rings is 1. The van der Waals surface area contributed by atoms with E-state index in [0.29, 0.717) is 30.7 Å². The van der Waals surface area contributed by atoms with Crippen LogP contribution in [-0.4, -0.2) is 10.7 Å². The first kappa shape index (κ1) is 15.2. The molecule has 1 aromatic rings. The minimum absolute atomic E-state index is 0.404. The monoisotopic (exact) mass is 296 g/mol. The van der Waals surface area contributed by atoms with E-state index in [9.17, 15) is 0 Å². The van der Waals surface area contributed by atoms with Gasteiger partial charge in [-0.15, -0.1) is 0 Å². The van der Waals surface area contributed by atoms with Crippen LogP contribution in [0.1, 0.15) is 32.6 Å². The Hall–Kier alpha value is -2.24. The van der Waals surface area contributed by atoms with Crippen LogP contribution < -0.4 is 5.01 Å². The lowest BCUT2D eigenvalue weighted by Gasteiger charge is -2.29. The summed E-state index contributed by atoms with van der Waals surface area (Å²) in [4.78, 5) is 0.691. The number of thiocarbonyl (C=S) groups is 1. The first-order chi connectivity index (χ1) is 10.2. The van der Waals surface area contributed by atoms with Gasteiger partial charge in [-0.25, -0.2) is 5.01 Å². The third-order valence-corrected chi connectivity index (χ3v) is 4.44. The van der Waals surface area contributed by atoms with Crippen LogP contribution in [0.4, 0.5) is 5.69 Å². The highest BCUT2D eigenvalue weighted by atomic mass is 32.1. The molecule has 0 bridgehead atoms. The van der Waals surface area contributed by atoms with E-state index < -0.39 is 5.41 Å². The zero-order chi connectivity index (χ0) is 15.3. The van der Waals surface area contributed by atoms with E-state index in [1.165, 1.54) is 0 Å². The molecule has 1 aromatic carbocycles. The fourth-order valence-electron chi connectivity index (χ4n) is 2.63. The molecular formula is C16H16N4S. The molecule has 0 aromatic heterocycles. The van der Waals surface area contributed by atoms with Gasteiger partial charge in [-0.3, -0.25) is 0 Å². The molecule has 0 atom stereocenters. The molecule has 4 nitrogen and oxygen atoms in total. The van der Waals surface area contributed by atoms with Gasteiger partial charge in [0.2, 0.25) is 0 Å². The second-order valence-electron chi connectivity index (χ2n) is 5.04. The van der Waals surface area contributed by atoms with Gasteiger partial charge in [0, 0.05) is 18.6 Å². The van der Waals surface area contributed by atoms with Gasteiger partial charge >= 0.3 is 0 Å². The van der Waals surface area contributed by atoms with Crippen LogP contribution in [0.25, 0.3) is 0 Å². The second kappa shape index (κ2) is 6.47. The quantitative estimate of drug-likeness (QED) is 0.775. The average Bonchev–Trinajstić information content (AvgIpc) is 2.76. The van der Waals surface area contributed by atoms with Crippen molar-refractivity contribution in [1.82, 2.24) is 0 Å². The molecule has 106 valence electrons. The van der Waals surface area contributed by atoms with Crippen LogP contribution >= 0.6 is 12.2 Å². The molecule has 0 saturated carbocycles. The lowest BCUT2D eigenvalue weighted by molar-refractivity contribution is 0.504. The highest BCUT2D eigenvalue weighted by molar-refractivity contribution is 7.80. The fraction of sp³-hybridized carbons (Fsp3) is 0.375. The van der Waals surface area contributed by atoms with Crippen molar-refractivity contribution in [2.24, 2.45) is 10.5 Å². The van der Waals surface area contributed by atoms with Crippen molar-refractivity contribution < 1.29 is 0 Å². The summed E-state index contributed by atoms with van der Waals surface area (Å²) in [6, 6.07) is 14.1. The third kappa shape index (κ3) is 2.79. The molecule has 1 heterocycles. The van der Waals surface area contributed by atoms with Crippen LogP contribution in [-0.2, 0) is 0 Å². The van der Waals surface area contributed by atoms with E-state index in [4.69, 9.17) is 22.7 Å². The van der Waals surface area contributed by atoms with Gasteiger partial charge in [0.15, 0.2) is 0 Å². The molecule has 1 aliphatic heterocycles. The zero-order valence-electron chi connectivity index (χ0n) is 11.9. The van der Waals surface area contributed by atoms with Crippen molar-refractivity contribution >= 4 is 28.6 Å². The maximum absolute atomic E-state index is 8.91. The third-order valence-electron chi connectivity index (χ3n) is 3.87. The molecular weight excluding hydrogens is 280 g/mol. The molecule has 0 saturated heterocycles. The minimum atomic E-state index is -0.448. The summed E-state index contributed by atoms with van der Waals surface area (Å²) in [6.07, 6.45) is 2.04. The minimum Gasteiger partial charge on any atom is -0.226 e. The predicted molar refractivity (Wildman–Crippen MR) is 86.8 cm³/mol. The van der Waals surface area contributed by atoms with E-state index in [2.05, 4.69) is 17.2 Å². The maximum Gasteiger partial charge on any atom is 0.117 e. The van der Waals surface area contributed by atoms with Crippen molar-refractivity contribution in [1.29, 1.82) is 10.5 Å². The van der Waals surface area contributed by atoms with Gasteiger partial charge in [-0.2, -0.15) is 15.6 Å². The van der Waals surface area contributed by atoms with Crippen LogP contribution in [0, 0.1) is 28.1 Å². The Bertz CT molecular complexity index is 618. The van der Waals surface area contributed by atoms with Crippen molar-refractivity contribution in [3.8, 4) is 12.1 Å². The van der Waals surface area contributed by atoms with Gasteiger partial charge in [-0.1, -0.05) is 30.4 Å². The van der Waals surface area contributed by atoms with Crippen LogP contribution in [0.5, 0.6) is 0 Å². The lowest BCUT2D eigenvalue weighted by Crippen LogP contribution is -2.37. The van der Waals surface area contributed by atoms with E-state index in [0.717, 1.165) is 11.4 Å². The summed E-state index contributed by atoms with van der Waals surface area (Å²) in [6.45, 7) is 1.93. The normalized spacial score (nSPS) is 16.2. The molecule has 0 aliphatic carbocycles. The van der Waals surface area contributed by atoms with Gasteiger partial charge < -0.3 is 0 Å². The van der Waals surface area contributed by atoms with Crippen molar-refractivity contribution in [2.75, 3.05) is 5.01 Å². The summed E-state index contributed by atoms with van der Waals surface area (Å²) >= 11 is 5.65. The Morgan fingerprint density at radius 2 is 1.71 bits per heavy atom. The van der Waals surface area contributed by atoms with E-state index in [-0.39, 0.29) is 0 Å². The number of hydrogen-bond donors (Lipinski definition) is 0. The van der Waals surface area contributed by atoms with Crippen LogP contribution in [0.3, 0.4) is 0 Å². The SMILES string of the molecule is CC1=NN(c2ccccc2)C(=S)C1(CCC#N)CCC#N. The lowest BCUT2D eigenvalue weighted by atomic mass is 9.76. The Balaban J connectivity index is 2.35. The summed E-state index contributed by atoms with van der Waals surface area (Å²) in [5.41, 5.74) is 1.36. The standard InChI is InChI=1S/C16H16N4S/c1-13-16(9-5-11-17,10-6-12-18)15(21)20(19-13)14-7-3-2-4-8-14/h2-4,7-8H,5-6,9-10H2,1H3. The van der Waals surface area contributed by atoms with E-state index in [1.807, 2.05) is 37.3 Å². The first-order valence-electron chi connectivity index (χ1n) is 6.85. The van der Waals surface area contributed by atoms with Gasteiger partial charge in [0.05, 0.1) is 23.2 Å². The molecule has 0 fully saturated rings. The number of hydrazone groups is 1. The predicted octanol–water partition coefficient (Wildman–Crippen LogP) is 3.80. The first-order valence-corrected chi connectivity index (χ1v) is 7.26. The number of hydrogen-bond acceptors (Lipinski definition) is 4. The molecule has 2 rings (SSSR count). The Morgan fingerprint density at radius 1 is 1.14 bits per heavy atom.